The number of rotatable bonds is 5. The van der Waals surface area contributed by atoms with Crippen molar-refractivity contribution in [3.63, 3.8) is 0 Å². The highest BCUT2D eigenvalue weighted by molar-refractivity contribution is 5.42. The molecule has 19 heavy (non-hydrogen) atoms. The number of ether oxygens (including phenoxy) is 2. The summed E-state index contributed by atoms with van der Waals surface area (Å²) in [5.41, 5.74) is 8.15. The van der Waals surface area contributed by atoms with Gasteiger partial charge in [0.25, 0.3) is 0 Å². The largest absolute Gasteiger partial charge is 0.497 e. The summed E-state index contributed by atoms with van der Waals surface area (Å²) in [6, 6.07) is 11.3. The molecule has 1 heterocycles. The van der Waals surface area contributed by atoms with E-state index in [0.717, 1.165) is 22.8 Å². The standard InChI is InChI=1S/C15H18N2O2/c1-18-12-6-7-13(15(10-12)19-2)14(16)9-11-5-3-4-8-17-11/h3-8,10,14H,9,16H2,1-2H3. The molecule has 0 aliphatic heterocycles. The molecule has 2 aromatic rings. The van der Waals surface area contributed by atoms with Crippen molar-refractivity contribution in [2.24, 2.45) is 5.73 Å². The summed E-state index contributed by atoms with van der Waals surface area (Å²) >= 11 is 0. The van der Waals surface area contributed by atoms with E-state index in [1.54, 1.807) is 20.4 Å². The molecule has 1 unspecified atom stereocenters. The van der Waals surface area contributed by atoms with Gasteiger partial charge in [-0.15, -0.1) is 0 Å². The number of nitrogens with two attached hydrogens (primary N) is 1. The maximum absolute atomic E-state index is 6.23. The first-order chi connectivity index (χ1) is 9.24. The Morgan fingerprint density at radius 3 is 2.63 bits per heavy atom. The van der Waals surface area contributed by atoms with Crippen LogP contribution in [0.3, 0.4) is 0 Å². The van der Waals surface area contributed by atoms with Crippen LogP contribution in [0.15, 0.2) is 42.6 Å². The molecule has 1 aromatic carbocycles. The molecule has 100 valence electrons. The zero-order valence-electron chi connectivity index (χ0n) is 11.2. The maximum atomic E-state index is 6.23. The predicted molar refractivity (Wildman–Crippen MR) is 74.4 cm³/mol. The summed E-state index contributed by atoms with van der Waals surface area (Å²) in [5, 5.41) is 0. The van der Waals surface area contributed by atoms with Gasteiger partial charge in [0.05, 0.1) is 14.2 Å². The molecule has 1 aromatic heterocycles. The highest BCUT2D eigenvalue weighted by Gasteiger charge is 2.14. The van der Waals surface area contributed by atoms with Gasteiger partial charge < -0.3 is 15.2 Å². The predicted octanol–water partition coefficient (Wildman–Crippen LogP) is 2.34. The van der Waals surface area contributed by atoms with E-state index in [1.165, 1.54) is 0 Å². The van der Waals surface area contributed by atoms with Gasteiger partial charge in [-0.2, -0.15) is 0 Å². The topological polar surface area (TPSA) is 57.4 Å². The van der Waals surface area contributed by atoms with Gasteiger partial charge in [-0.25, -0.2) is 0 Å². The average Bonchev–Trinajstić information content (AvgIpc) is 2.47. The number of nitrogens with zero attached hydrogens (tertiary/aromatic N) is 1. The maximum Gasteiger partial charge on any atom is 0.127 e. The number of hydrogen-bond acceptors (Lipinski definition) is 4. The molecule has 0 aliphatic carbocycles. The molecule has 0 amide bonds. The zero-order valence-corrected chi connectivity index (χ0v) is 11.2. The molecular weight excluding hydrogens is 240 g/mol. The lowest BCUT2D eigenvalue weighted by molar-refractivity contribution is 0.388. The Hall–Kier alpha value is -2.07. The zero-order chi connectivity index (χ0) is 13.7. The molecule has 2 rings (SSSR count). The van der Waals surface area contributed by atoms with Gasteiger partial charge >= 0.3 is 0 Å². The van der Waals surface area contributed by atoms with Gasteiger partial charge in [-0.05, 0) is 18.2 Å². The van der Waals surface area contributed by atoms with Crippen molar-refractivity contribution >= 4 is 0 Å². The summed E-state index contributed by atoms with van der Waals surface area (Å²) in [6.07, 6.45) is 2.44. The monoisotopic (exact) mass is 258 g/mol. The first-order valence-corrected chi connectivity index (χ1v) is 6.12. The minimum atomic E-state index is -0.157. The van der Waals surface area contributed by atoms with Crippen LogP contribution in [0, 0.1) is 0 Å². The number of hydrogen-bond donors (Lipinski definition) is 1. The summed E-state index contributed by atoms with van der Waals surface area (Å²) < 4.78 is 10.5. The lowest BCUT2D eigenvalue weighted by Gasteiger charge is -2.16. The number of pyridine rings is 1. The second-order valence-corrected chi connectivity index (χ2v) is 4.24. The molecule has 0 bridgehead atoms. The number of benzene rings is 1. The van der Waals surface area contributed by atoms with Crippen LogP contribution in [-0.2, 0) is 6.42 Å². The average molecular weight is 258 g/mol. The van der Waals surface area contributed by atoms with Crippen molar-refractivity contribution in [1.29, 1.82) is 0 Å². The summed E-state index contributed by atoms with van der Waals surface area (Å²) in [7, 11) is 3.26. The Kier molecular flexibility index (Phi) is 4.36. The molecule has 0 saturated heterocycles. The fourth-order valence-electron chi connectivity index (χ4n) is 1.98. The van der Waals surface area contributed by atoms with Crippen molar-refractivity contribution < 1.29 is 9.47 Å². The summed E-state index contributed by atoms with van der Waals surface area (Å²) in [5.74, 6) is 1.49. The van der Waals surface area contributed by atoms with Gasteiger partial charge in [-0.1, -0.05) is 12.1 Å². The van der Waals surface area contributed by atoms with E-state index in [9.17, 15) is 0 Å². The van der Waals surface area contributed by atoms with Crippen LogP contribution in [0.5, 0.6) is 11.5 Å². The Morgan fingerprint density at radius 1 is 1.16 bits per heavy atom. The quantitative estimate of drug-likeness (QED) is 0.894. The molecule has 4 nitrogen and oxygen atoms in total. The van der Waals surface area contributed by atoms with Crippen LogP contribution < -0.4 is 15.2 Å². The first-order valence-electron chi connectivity index (χ1n) is 6.12. The molecule has 0 aliphatic rings. The summed E-state index contributed by atoms with van der Waals surface area (Å²) in [4.78, 5) is 4.29. The van der Waals surface area contributed by atoms with E-state index >= 15 is 0 Å². The number of aromatic nitrogens is 1. The third-order valence-electron chi connectivity index (χ3n) is 3.00. The van der Waals surface area contributed by atoms with Crippen LogP contribution in [0.4, 0.5) is 0 Å². The van der Waals surface area contributed by atoms with Gasteiger partial charge in [0.1, 0.15) is 11.5 Å². The minimum absolute atomic E-state index is 0.157. The van der Waals surface area contributed by atoms with Crippen molar-refractivity contribution in [2.45, 2.75) is 12.5 Å². The third-order valence-corrected chi connectivity index (χ3v) is 3.00. The molecular formula is C15H18N2O2. The SMILES string of the molecule is COc1ccc(C(N)Cc2ccccn2)c(OC)c1. The lowest BCUT2D eigenvalue weighted by atomic mass is 10.0. The van der Waals surface area contributed by atoms with E-state index in [1.807, 2.05) is 36.4 Å². The molecule has 0 fully saturated rings. The Bertz CT molecular complexity index is 529. The van der Waals surface area contributed by atoms with E-state index in [4.69, 9.17) is 15.2 Å². The smallest absolute Gasteiger partial charge is 0.127 e. The highest BCUT2D eigenvalue weighted by atomic mass is 16.5. The van der Waals surface area contributed by atoms with E-state index in [0.29, 0.717) is 6.42 Å². The van der Waals surface area contributed by atoms with Crippen LogP contribution >= 0.6 is 0 Å². The van der Waals surface area contributed by atoms with Crippen molar-refractivity contribution in [1.82, 2.24) is 4.98 Å². The highest BCUT2D eigenvalue weighted by Crippen LogP contribution is 2.29. The number of methoxy groups -OCH3 is 2. The Morgan fingerprint density at radius 2 is 2.00 bits per heavy atom. The second-order valence-electron chi connectivity index (χ2n) is 4.24. The minimum Gasteiger partial charge on any atom is -0.497 e. The molecule has 1 atom stereocenters. The summed E-state index contributed by atoms with van der Waals surface area (Å²) in [6.45, 7) is 0. The van der Waals surface area contributed by atoms with E-state index in [2.05, 4.69) is 4.98 Å². The van der Waals surface area contributed by atoms with Crippen LogP contribution in [0.25, 0.3) is 0 Å². The van der Waals surface area contributed by atoms with Gasteiger partial charge in [0.15, 0.2) is 0 Å². The normalized spacial score (nSPS) is 11.9. The molecule has 0 saturated carbocycles. The van der Waals surface area contributed by atoms with E-state index < -0.39 is 0 Å². The fourth-order valence-corrected chi connectivity index (χ4v) is 1.98. The molecule has 0 radical (unpaired) electrons. The van der Waals surface area contributed by atoms with Crippen LogP contribution in [0.1, 0.15) is 17.3 Å². The first kappa shape index (κ1) is 13.4. The van der Waals surface area contributed by atoms with Crippen LogP contribution in [0.2, 0.25) is 0 Å². The van der Waals surface area contributed by atoms with E-state index in [-0.39, 0.29) is 6.04 Å². The molecule has 4 heteroatoms. The van der Waals surface area contributed by atoms with Crippen molar-refractivity contribution in [3.8, 4) is 11.5 Å². The van der Waals surface area contributed by atoms with Crippen LogP contribution in [-0.4, -0.2) is 19.2 Å². The molecule has 2 N–H and O–H groups in total. The Labute approximate surface area is 113 Å². The Balaban J connectivity index is 2.21. The third kappa shape index (κ3) is 3.23. The lowest BCUT2D eigenvalue weighted by Crippen LogP contribution is -2.15. The fraction of sp³-hybridized carbons (Fsp3) is 0.267. The van der Waals surface area contributed by atoms with Gasteiger partial charge in [0.2, 0.25) is 0 Å². The van der Waals surface area contributed by atoms with Crippen molar-refractivity contribution in [3.05, 3.63) is 53.9 Å². The van der Waals surface area contributed by atoms with Crippen molar-refractivity contribution in [2.75, 3.05) is 14.2 Å². The molecule has 0 spiro atoms. The van der Waals surface area contributed by atoms with Gasteiger partial charge in [0, 0.05) is 36.0 Å². The second kappa shape index (κ2) is 6.20. The van der Waals surface area contributed by atoms with Gasteiger partial charge in [-0.3, -0.25) is 4.98 Å².